The van der Waals surface area contributed by atoms with E-state index in [1.165, 1.54) is 5.56 Å². The molecule has 1 aromatic carbocycles. The standard InChI is InChI=1S/C14H15BrClN3/c1-3-13-17-12(16)8-14(18-13)19(2)9-10-5-4-6-11(15)7-10/h4-8H,3,9H2,1-2H3. The van der Waals surface area contributed by atoms with E-state index >= 15 is 0 Å². The highest BCUT2D eigenvalue weighted by Crippen LogP contribution is 2.19. The van der Waals surface area contributed by atoms with Crippen molar-refractivity contribution in [2.45, 2.75) is 19.9 Å². The topological polar surface area (TPSA) is 29.0 Å². The van der Waals surface area contributed by atoms with Crippen molar-refractivity contribution in [3.05, 3.63) is 51.3 Å². The van der Waals surface area contributed by atoms with Gasteiger partial charge in [0, 0.05) is 30.6 Å². The zero-order valence-electron chi connectivity index (χ0n) is 10.9. The van der Waals surface area contributed by atoms with E-state index in [4.69, 9.17) is 11.6 Å². The van der Waals surface area contributed by atoms with E-state index in [2.05, 4.69) is 42.9 Å². The molecule has 19 heavy (non-hydrogen) atoms. The van der Waals surface area contributed by atoms with Gasteiger partial charge in [0.15, 0.2) is 0 Å². The van der Waals surface area contributed by atoms with Gasteiger partial charge in [0.1, 0.15) is 16.8 Å². The molecule has 0 bridgehead atoms. The molecule has 0 saturated carbocycles. The van der Waals surface area contributed by atoms with Gasteiger partial charge in [-0.3, -0.25) is 0 Å². The summed E-state index contributed by atoms with van der Waals surface area (Å²) < 4.78 is 1.08. The smallest absolute Gasteiger partial charge is 0.134 e. The number of rotatable bonds is 4. The van der Waals surface area contributed by atoms with Crippen LogP contribution in [0.1, 0.15) is 18.3 Å². The van der Waals surface area contributed by atoms with E-state index in [-0.39, 0.29) is 0 Å². The zero-order valence-corrected chi connectivity index (χ0v) is 13.2. The van der Waals surface area contributed by atoms with Crippen LogP contribution in [0.3, 0.4) is 0 Å². The Morgan fingerprint density at radius 2 is 2.05 bits per heavy atom. The van der Waals surface area contributed by atoms with E-state index in [9.17, 15) is 0 Å². The number of hydrogen-bond acceptors (Lipinski definition) is 3. The molecule has 0 aliphatic carbocycles. The molecule has 5 heteroatoms. The van der Waals surface area contributed by atoms with Crippen LogP contribution in [0.4, 0.5) is 5.82 Å². The van der Waals surface area contributed by atoms with E-state index in [1.807, 2.05) is 26.1 Å². The second-order valence-corrected chi connectivity index (χ2v) is 5.61. The van der Waals surface area contributed by atoms with Gasteiger partial charge >= 0.3 is 0 Å². The SMILES string of the molecule is CCc1nc(Cl)cc(N(C)Cc2cccc(Br)c2)n1. The van der Waals surface area contributed by atoms with Crippen molar-refractivity contribution in [3.63, 3.8) is 0 Å². The Kier molecular flexibility index (Phi) is 4.77. The van der Waals surface area contributed by atoms with E-state index < -0.39 is 0 Å². The third-order valence-electron chi connectivity index (χ3n) is 2.74. The number of anilines is 1. The Bertz CT molecular complexity index is 574. The van der Waals surface area contributed by atoms with Gasteiger partial charge < -0.3 is 4.90 Å². The number of nitrogens with zero attached hydrogens (tertiary/aromatic N) is 3. The molecule has 2 aromatic rings. The summed E-state index contributed by atoms with van der Waals surface area (Å²) in [7, 11) is 2.00. The lowest BCUT2D eigenvalue weighted by molar-refractivity contribution is 0.858. The molecule has 1 aromatic heterocycles. The first kappa shape index (κ1) is 14.3. The van der Waals surface area contributed by atoms with Crippen LogP contribution in [0, 0.1) is 0 Å². The Labute approximate surface area is 126 Å². The van der Waals surface area contributed by atoms with Gasteiger partial charge in [-0.15, -0.1) is 0 Å². The lowest BCUT2D eigenvalue weighted by Gasteiger charge is -2.19. The van der Waals surface area contributed by atoms with Crippen LogP contribution in [0.15, 0.2) is 34.8 Å². The molecule has 0 spiro atoms. The summed E-state index contributed by atoms with van der Waals surface area (Å²) in [4.78, 5) is 10.7. The summed E-state index contributed by atoms with van der Waals surface area (Å²) in [5.41, 5.74) is 1.21. The predicted octanol–water partition coefficient (Wildman–Crippen LogP) is 4.09. The summed E-state index contributed by atoms with van der Waals surface area (Å²) in [6, 6.07) is 10.0. The molecular formula is C14H15BrClN3. The fourth-order valence-corrected chi connectivity index (χ4v) is 2.44. The maximum atomic E-state index is 6.02. The molecule has 0 atom stereocenters. The van der Waals surface area contributed by atoms with Gasteiger partial charge in [-0.05, 0) is 17.7 Å². The minimum absolute atomic E-state index is 0.489. The third-order valence-corrected chi connectivity index (χ3v) is 3.43. The Morgan fingerprint density at radius 1 is 1.26 bits per heavy atom. The lowest BCUT2D eigenvalue weighted by atomic mass is 10.2. The summed E-state index contributed by atoms with van der Waals surface area (Å²) in [5.74, 6) is 1.61. The van der Waals surface area contributed by atoms with Gasteiger partial charge in [0.05, 0.1) is 0 Å². The van der Waals surface area contributed by atoms with Crippen LogP contribution in [-0.4, -0.2) is 17.0 Å². The minimum atomic E-state index is 0.489. The van der Waals surface area contributed by atoms with Crippen LogP contribution in [0.2, 0.25) is 5.15 Å². The zero-order chi connectivity index (χ0) is 13.8. The minimum Gasteiger partial charge on any atom is -0.355 e. The molecule has 0 saturated heterocycles. The Hall–Kier alpha value is -1.13. The maximum Gasteiger partial charge on any atom is 0.134 e. The predicted molar refractivity (Wildman–Crippen MR) is 82.7 cm³/mol. The van der Waals surface area contributed by atoms with Crippen molar-refractivity contribution < 1.29 is 0 Å². The van der Waals surface area contributed by atoms with Gasteiger partial charge in [-0.2, -0.15) is 0 Å². The molecule has 0 amide bonds. The van der Waals surface area contributed by atoms with Gasteiger partial charge in [-0.25, -0.2) is 9.97 Å². The molecule has 0 N–H and O–H groups in total. The molecule has 0 aliphatic heterocycles. The molecule has 100 valence electrons. The second kappa shape index (κ2) is 6.35. The van der Waals surface area contributed by atoms with Gasteiger partial charge in [0.2, 0.25) is 0 Å². The lowest BCUT2D eigenvalue weighted by Crippen LogP contribution is -2.18. The average molecular weight is 341 g/mol. The average Bonchev–Trinajstić information content (AvgIpc) is 2.38. The highest BCUT2D eigenvalue weighted by molar-refractivity contribution is 9.10. The van der Waals surface area contributed by atoms with Crippen molar-refractivity contribution in [2.75, 3.05) is 11.9 Å². The van der Waals surface area contributed by atoms with E-state index in [0.29, 0.717) is 5.15 Å². The third kappa shape index (κ3) is 3.91. The summed E-state index contributed by atoms with van der Waals surface area (Å²) in [6.07, 6.45) is 0.776. The van der Waals surface area contributed by atoms with Crippen LogP contribution >= 0.6 is 27.5 Å². The molecule has 0 radical (unpaired) electrons. The number of aryl methyl sites for hydroxylation is 1. The highest BCUT2D eigenvalue weighted by Gasteiger charge is 2.07. The highest BCUT2D eigenvalue weighted by atomic mass is 79.9. The van der Waals surface area contributed by atoms with Crippen molar-refractivity contribution in [3.8, 4) is 0 Å². The van der Waals surface area contributed by atoms with Crippen molar-refractivity contribution in [1.29, 1.82) is 0 Å². The first-order valence-electron chi connectivity index (χ1n) is 6.07. The molecule has 2 rings (SSSR count). The monoisotopic (exact) mass is 339 g/mol. The second-order valence-electron chi connectivity index (χ2n) is 4.30. The molecular weight excluding hydrogens is 326 g/mol. The normalized spacial score (nSPS) is 10.5. The number of hydrogen-bond donors (Lipinski definition) is 0. The largest absolute Gasteiger partial charge is 0.355 e. The fraction of sp³-hybridized carbons (Fsp3) is 0.286. The summed E-state index contributed by atoms with van der Waals surface area (Å²) >= 11 is 9.49. The van der Waals surface area contributed by atoms with E-state index in [1.54, 1.807) is 6.07 Å². The summed E-state index contributed by atoms with van der Waals surface area (Å²) in [6.45, 7) is 2.79. The number of benzene rings is 1. The van der Waals surface area contributed by atoms with Crippen LogP contribution in [-0.2, 0) is 13.0 Å². The van der Waals surface area contributed by atoms with Crippen molar-refractivity contribution in [1.82, 2.24) is 9.97 Å². The molecule has 0 aliphatic rings. The number of halogens is 2. The van der Waals surface area contributed by atoms with Crippen LogP contribution < -0.4 is 4.90 Å². The maximum absolute atomic E-state index is 6.02. The van der Waals surface area contributed by atoms with Crippen molar-refractivity contribution >= 4 is 33.3 Å². The summed E-state index contributed by atoms with van der Waals surface area (Å²) in [5, 5.41) is 0.489. The first-order chi connectivity index (χ1) is 9.08. The fourth-order valence-electron chi connectivity index (χ4n) is 1.80. The molecule has 0 unspecified atom stereocenters. The van der Waals surface area contributed by atoms with E-state index in [0.717, 1.165) is 29.1 Å². The van der Waals surface area contributed by atoms with Crippen molar-refractivity contribution in [2.24, 2.45) is 0 Å². The van der Waals surface area contributed by atoms with Gasteiger partial charge in [-0.1, -0.05) is 46.6 Å². The first-order valence-corrected chi connectivity index (χ1v) is 7.24. The quantitative estimate of drug-likeness (QED) is 0.785. The molecule has 1 heterocycles. The Balaban J connectivity index is 2.20. The number of aromatic nitrogens is 2. The Morgan fingerprint density at radius 3 is 2.74 bits per heavy atom. The molecule has 3 nitrogen and oxygen atoms in total. The van der Waals surface area contributed by atoms with Gasteiger partial charge in [0.25, 0.3) is 0 Å². The van der Waals surface area contributed by atoms with Crippen LogP contribution in [0.25, 0.3) is 0 Å². The molecule has 0 fully saturated rings. The van der Waals surface area contributed by atoms with Crippen LogP contribution in [0.5, 0.6) is 0 Å².